The van der Waals surface area contributed by atoms with E-state index >= 15 is 0 Å². The Morgan fingerprint density at radius 3 is 1.68 bits per heavy atom. The van der Waals surface area contributed by atoms with Gasteiger partial charge in [-0.2, -0.15) is 0 Å². The molecule has 0 aromatic heterocycles. The number of benzene rings is 1. The van der Waals surface area contributed by atoms with Gasteiger partial charge in [-0.15, -0.1) is 0 Å². The van der Waals surface area contributed by atoms with Gasteiger partial charge in [0.25, 0.3) is 0 Å². The average molecular weight is 392 g/mol. The Bertz CT molecular complexity index is 487. The van der Waals surface area contributed by atoms with E-state index in [1.807, 2.05) is 12.1 Å². The highest BCUT2D eigenvalue weighted by Gasteiger charge is 2.03. The van der Waals surface area contributed by atoms with Crippen LogP contribution >= 0.6 is 0 Å². The van der Waals surface area contributed by atoms with E-state index in [2.05, 4.69) is 12.2 Å². The zero-order valence-corrected chi connectivity index (χ0v) is 18.1. The normalized spacial score (nSPS) is 10.6. The second-order valence-corrected chi connectivity index (χ2v) is 7.59. The lowest BCUT2D eigenvalue weighted by Crippen LogP contribution is -2.14. The molecule has 0 saturated carbocycles. The smallest absolute Gasteiger partial charge is 0.411 e. The Morgan fingerprint density at radius 2 is 1.21 bits per heavy atom. The Hall–Kier alpha value is -1.71. The van der Waals surface area contributed by atoms with E-state index in [1.165, 1.54) is 77.0 Å². The Kier molecular flexibility index (Phi) is 15.1. The van der Waals surface area contributed by atoms with Gasteiger partial charge in [0.2, 0.25) is 0 Å². The summed E-state index contributed by atoms with van der Waals surface area (Å²) < 4.78 is 10.3. The van der Waals surface area contributed by atoms with Gasteiger partial charge in [-0.1, -0.05) is 90.4 Å². The standard InChI is InChI=1S/C24H41NO3/c1-3-4-5-6-7-8-9-10-11-12-13-14-15-16-21-28-24(26)25-22-17-19-23(27-2)20-18-22/h17-20H,3-16,21H2,1-2H3,(H,25,26). The van der Waals surface area contributed by atoms with E-state index in [-0.39, 0.29) is 6.09 Å². The number of anilines is 1. The van der Waals surface area contributed by atoms with E-state index < -0.39 is 0 Å². The number of nitrogens with one attached hydrogen (secondary N) is 1. The number of methoxy groups -OCH3 is 1. The maximum atomic E-state index is 11.7. The predicted octanol–water partition coefficient (Wildman–Crippen LogP) is 7.73. The zero-order valence-electron chi connectivity index (χ0n) is 18.1. The number of carbonyl (C=O) groups is 1. The molecule has 0 saturated heterocycles. The molecule has 28 heavy (non-hydrogen) atoms. The molecular formula is C24H41NO3. The molecule has 0 heterocycles. The molecule has 0 atom stereocenters. The second kappa shape index (κ2) is 17.4. The quantitative estimate of drug-likeness (QED) is 0.276. The molecule has 1 rings (SSSR count). The summed E-state index contributed by atoms with van der Waals surface area (Å²) in [4.78, 5) is 11.7. The lowest BCUT2D eigenvalue weighted by Gasteiger charge is -2.07. The minimum Gasteiger partial charge on any atom is -0.497 e. The molecule has 0 aliphatic carbocycles. The fourth-order valence-corrected chi connectivity index (χ4v) is 3.29. The molecule has 0 fully saturated rings. The number of hydrogen-bond acceptors (Lipinski definition) is 3. The topological polar surface area (TPSA) is 47.6 Å². The van der Waals surface area contributed by atoms with Gasteiger partial charge in [0, 0.05) is 5.69 Å². The van der Waals surface area contributed by atoms with Crippen LogP contribution < -0.4 is 10.1 Å². The van der Waals surface area contributed by atoms with Crippen molar-refractivity contribution >= 4 is 11.8 Å². The number of amides is 1. The van der Waals surface area contributed by atoms with E-state index in [9.17, 15) is 4.79 Å². The number of carbonyl (C=O) groups excluding carboxylic acids is 1. The lowest BCUT2D eigenvalue weighted by atomic mass is 10.0. The van der Waals surface area contributed by atoms with Gasteiger partial charge in [0.15, 0.2) is 0 Å². The summed E-state index contributed by atoms with van der Waals surface area (Å²) in [5.41, 5.74) is 0.715. The molecule has 4 nitrogen and oxygen atoms in total. The lowest BCUT2D eigenvalue weighted by molar-refractivity contribution is 0.159. The van der Waals surface area contributed by atoms with Gasteiger partial charge in [-0.3, -0.25) is 5.32 Å². The SMILES string of the molecule is CCCCCCCCCCCCCCCCOC(=O)Nc1ccc(OC)cc1. The summed E-state index contributed by atoms with van der Waals surface area (Å²) >= 11 is 0. The van der Waals surface area contributed by atoms with Crippen LogP contribution in [-0.2, 0) is 4.74 Å². The van der Waals surface area contributed by atoms with Crippen LogP contribution in [0.4, 0.5) is 10.5 Å². The molecule has 160 valence electrons. The predicted molar refractivity (Wildman–Crippen MR) is 118 cm³/mol. The van der Waals surface area contributed by atoms with E-state index in [0.29, 0.717) is 12.3 Å². The van der Waals surface area contributed by atoms with Crippen molar-refractivity contribution in [2.24, 2.45) is 0 Å². The van der Waals surface area contributed by atoms with Crippen LogP contribution in [-0.4, -0.2) is 19.8 Å². The molecule has 1 N–H and O–H groups in total. The molecule has 1 amide bonds. The van der Waals surface area contributed by atoms with Crippen molar-refractivity contribution < 1.29 is 14.3 Å². The van der Waals surface area contributed by atoms with Crippen molar-refractivity contribution in [3.63, 3.8) is 0 Å². The van der Waals surface area contributed by atoms with Crippen molar-refractivity contribution in [1.29, 1.82) is 0 Å². The molecule has 0 bridgehead atoms. The fraction of sp³-hybridized carbons (Fsp3) is 0.708. The summed E-state index contributed by atoms with van der Waals surface area (Å²) in [6.45, 7) is 2.76. The van der Waals surface area contributed by atoms with E-state index in [0.717, 1.165) is 18.6 Å². The van der Waals surface area contributed by atoms with Gasteiger partial charge >= 0.3 is 6.09 Å². The van der Waals surface area contributed by atoms with Crippen LogP contribution in [0.3, 0.4) is 0 Å². The maximum absolute atomic E-state index is 11.7. The van der Waals surface area contributed by atoms with Crippen molar-refractivity contribution in [2.45, 2.75) is 96.8 Å². The monoisotopic (exact) mass is 391 g/mol. The number of rotatable bonds is 17. The molecule has 0 spiro atoms. The van der Waals surface area contributed by atoms with Crippen molar-refractivity contribution in [2.75, 3.05) is 19.0 Å². The van der Waals surface area contributed by atoms with Crippen molar-refractivity contribution in [3.05, 3.63) is 24.3 Å². The third-order valence-corrected chi connectivity index (χ3v) is 5.07. The highest BCUT2D eigenvalue weighted by Crippen LogP contribution is 2.15. The second-order valence-electron chi connectivity index (χ2n) is 7.59. The summed E-state index contributed by atoms with van der Waals surface area (Å²) in [7, 11) is 1.62. The first kappa shape index (κ1) is 24.3. The van der Waals surface area contributed by atoms with E-state index in [4.69, 9.17) is 9.47 Å². The molecule has 0 radical (unpaired) electrons. The highest BCUT2D eigenvalue weighted by molar-refractivity contribution is 5.84. The number of hydrogen-bond donors (Lipinski definition) is 1. The largest absolute Gasteiger partial charge is 0.497 e. The highest BCUT2D eigenvalue weighted by atomic mass is 16.5. The van der Waals surface area contributed by atoms with Crippen molar-refractivity contribution in [1.82, 2.24) is 0 Å². The Labute approximate surface area is 172 Å². The Morgan fingerprint density at radius 1 is 0.750 bits per heavy atom. The van der Waals surface area contributed by atoms with Crippen LogP contribution in [0.15, 0.2) is 24.3 Å². The fourth-order valence-electron chi connectivity index (χ4n) is 3.29. The average Bonchev–Trinajstić information content (AvgIpc) is 2.71. The molecule has 0 aliphatic rings. The Balaban J connectivity index is 1.84. The van der Waals surface area contributed by atoms with Gasteiger partial charge in [-0.25, -0.2) is 4.79 Å². The molecule has 1 aromatic rings. The summed E-state index contributed by atoms with van der Waals surface area (Å²) in [6.07, 6.45) is 18.1. The maximum Gasteiger partial charge on any atom is 0.411 e. The van der Waals surface area contributed by atoms with Crippen molar-refractivity contribution in [3.8, 4) is 5.75 Å². The van der Waals surface area contributed by atoms with Gasteiger partial charge < -0.3 is 9.47 Å². The zero-order chi connectivity index (χ0) is 20.3. The van der Waals surface area contributed by atoms with Crippen LogP contribution in [0, 0.1) is 0 Å². The summed E-state index contributed by atoms with van der Waals surface area (Å²) in [5, 5.41) is 2.73. The molecule has 0 aliphatic heterocycles. The van der Waals surface area contributed by atoms with Crippen LogP contribution in [0.25, 0.3) is 0 Å². The van der Waals surface area contributed by atoms with Gasteiger partial charge in [0.05, 0.1) is 13.7 Å². The molecular weight excluding hydrogens is 350 g/mol. The van der Waals surface area contributed by atoms with Crippen LogP contribution in [0.2, 0.25) is 0 Å². The first-order chi connectivity index (χ1) is 13.8. The number of unbranched alkanes of at least 4 members (excludes halogenated alkanes) is 13. The first-order valence-corrected chi connectivity index (χ1v) is 11.3. The molecule has 1 aromatic carbocycles. The minimum atomic E-state index is -0.389. The first-order valence-electron chi connectivity index (χ1n) is 11.3. The third-order valence-electron chi connectivity index (χ3n) is 5.07. The summed E-state index contributed by atoms with van der Waals surface area (Å²) in [5.74, 6) is 0.765. The van der Waals surface area contributed by atoms with Crippen LogP contribution in [0.5, 0.6) is 5.75 Å². The summed E-state index contributed by atoms with van der Waals surface area (Å²) in [6, 6.07) is 7.21. The van der Waals surface area contributed by atoms with E-state index in [1.54, 1.807) is 19.2 Å². The molecule has 0 unspecified atom stereocenters. The van der Waals surface area contributed by atoms with Crippen LogP contribution in [0.1, 0.15) is 96.8 Å². The molecule has 4 heteroatoms. The minimum absolute atomic E-state index is 0.389. The van der Waals surface area contributed by atoms with Gasteiger partial charge in [0.1, 0.15) is 5.75 Å². The third kappa shape index (κ3) is 13.5. The van der Waals surface area contributed by atoms with Gasteiger partial charge in [-0.05, 0) is 30.7 Å². The number of ether oxygens (including phenoxy) is 2.